The van der Waals surface area contributed by atoms with Gasteiger partial charge in [0.2, 0.25) is 5.91 Å². The van der Waals surface area contributed by atoms with Crippen molar-refractivity contribution in [1.29, 1.82) is 0 Å². The minimum atomic E-state index is 0.268. The van der Waals surface area contributed by atoms with Gasteiger partial charge in [-0.2, -0.15) is 0 Å². The van der Waals surface area contributed by atoms with E-state index in [0.29, 0.717) is 12.5 Å². The third-order valence-electron chi connectivity index (χ3n) is 5.40. The van der Waals surface area contributed by atoms with Crippen LogP contribution in [-0.2, 0) is 11.3 Å². The Morgan fingerprint density at radius 2 is 2.17 bits per heavy atom. The molecule has 0 spiro atoms. The van der Waals surface area contributed by atoms with Gasteiger partial charge in [-0.25, -0.2) is 4.98 Å². The summed E-state index contributed by atoms with van der Waals surface area (Å²) in [4.78, 5) is 19.4. The molecule has 3 fully saturated rings. The van der Waals surface area contributed by atoms with Gasteiger partial charge in [0.1, 0.15) is 0 Å². The van der Waals surface area contributed by atoms with Crippen LogP contribution >= 0.6 is 0 Å². The Labute approximate surface area is 107 Å². The second-order valence-corrected chi connectivity index (χ2v) is 6.21. The smallest absolute Gasteiger partial charge is 0.224 e. The molecular formula is C14H19N3O. The quantitative estimate of drug-likeness (QED) is 0.850. The maximum atomic E-state index is 12.2. The summed E-state index contributed by atoms with van der Waals surface area (Å²) in [7, 11) is 0. The highest BCUT2D eigenvalue weighted by atomic mass is 16.2. The number of nitrogens with one attached hydrogen (secondary N) is 2. The van der Waals surface area contributed by atoms with Crippen molar-refractivity contribution in [2.75, 3.05) is 0 Å². The molecule has 4 heteroatoms. The summed E-state index contributed by atoms with van der Waals surface area (Å²) in [6.07, 6.45) is 5.82. The Morgan fingerprint density at radius 3 is 2.78 bits per heavy atom. The van der Waals surface area contributed by atoms with E-state index in [0.717, 1.165) is 35.1 Å². The second-order valence-electron chi connectivity index (χ2n) is 6.21. The van der Waals surface area contributed by atoms with E-state index in [9.17, 15) is 4.79 Å². The number of amides is 1. The van der Waals surface area contributed by atoms with Crippen LogP contribution in [0.2, 0.25) is 0 Å². The van der Waals surface area contributed by atoms with Crippen LogP contribution in [0.1, 0.15) is 30.7 Å². The van der Waals surface area contributed by atoms with E-state index in [1.165, 1.54) is 19.3 Å². The zero-order valence-corrected chi connectivity index (χ0v) is 10.6. The van der Waals surface area contributed by atoms with E-state index in [2.05, 4.69) is 15.3 Å². The molecule has 1 unspecified atom stereocenters. The lowest BCUT2D eigenvalue weighted by Crippen LogP contribution is -2.27. The number of hydrogen-bond donors (Lipinski definition) is 2. The molecular weight excluding hydrogens is 226 g/mol. The van der Waals surface area contributed by atoms with Gasteiger partial charge >= 0.3 is 0 Å². The SMILES string of the molecule is Cc1[nH]cnc1CNC(=O)C1[C@@H]2[C@H]3CC[C@H](C3)[C@H]12. The van der Waals surface area contributed by atoms with Gasteiger partial charge in [0, 0.05) is 11.6 Å². The molecule has 0 aliphatic heterocycles. The van der Waals surface area contributed by atoms with Crippen LogP contribution in [0, 0.1) is 36.5 Å². The van der Waals surface area contributed by atoms with Gasteiger partial charge in [-0.3, -0.25) is 4.79 Å². The van der Waals surface area contributed by atoms with E-state index in [4.69, 9.17) is 0 Å². The summed E-state index contributed by atoms with van der Waals surface area (Å²) in [5, 5.41) is 3.06. The van der Waals surface area contributed by atoms with Crippen LogP contribution in [-0.4, -0.2) is 15.9 Å². The molecule has 1 aromatic rings. The first-order valence-corrected chi connectivity index (χ1v) is 7.02. The summed E-state index contributed by atoms with van der Waals surface area (Å²) in [6, 6.07) is 0. The molecule has 96 valence electrons. The molecule has 4 nitrogen and oxygen atoms in total. The van der Waals surface area contributed by atoms with E-state index in [1.807, 2.05) is 6.92 Å². The summed E-state index contributed by atoms with van der Waals surface area (Å²) in [6.45, 7) is 2.56. The molecule has 5 atom stereocenters. The first-order valence-electron chi connectivity index (χ1n) is 7.02. The summed E-state index contributed by atoms with van der Waals surface area (Å²) in [5.41, 5.74) is 2.00. The van der Waals surface area contributed by atoms with Crippen molar-refractivity contribution in [3.8, 4) is 0 Å². The van der Waals surface area contributed by atoms with Crippen molar-refractivity contribution in [1.82, 2.24) is 15.3 Å². The Bertz CT molecular complexity index is 479. The van der Waals surface area contributed by atoms with Crippen molar-refractivity contribution >= 4 is 5.91 Å². The number of fused-ring (bicyclic) bond motifs is 5. The number of imidazole rings is 1. The highest BCUT2D eigenvalue weighted by Gasteiger charge is 2.67. The van der Waals surface area contributed by atoms with E-state index < -0.39 is 0 Å². The zero-order valence-electron chi connectivity index (χ0n) is 10.6. The predicted octanol–water partition coefficient (Wildman–Crippen LogP) is 1.63. The maximum Gasteiger partial charge on any atom is 0.224 e. The molecule has 0 radical (unpaired) electrons. The third kappa shape index (κ3) is 1.38. The first-order chi connectivity index (χ1) is 8.75. The third-order valence-corrected chi connectivity index (χ3v) is 5.40. The molecule has 3 saturated carbocycles. The van der Waals surface area contributed by atoms with Crippen molar-refractivity contribution in [3.63, 3.8) is 0 Å². The maximum absolute atomic E-state index is 12.2. The number of H-pyrrole nitrogens is 1. The molecule has 2 N–H and O–H groups in total. The van der Waals surface area contributed by atoms with Gasteiger partial charge in [-0.1, -0.05) is 0 Å². The molecule has 3 aliphatic rings. The van der Waals surface area contributed by atoms with Gasteiger partial charge in [-0.05, 0) is 49.9 Å². The van der Waals surface area contributed by atoms with Crippen molar-refractivity contribution in [3.05, 3.63) is 17.7 Å². The molecule has 2 bridgehead atoms. The lowest BCUT2D eigenvalue weighted by molar-refractivity contribution is -0.123. The molecule has 1 aromatic heterocycles. The Hall–Kier alpha value is -1.32. The normalized spacial score (nSPS) is 39.7. The topological polar surface area (TPSA) is 57.8 Å². The molecule has 18 heavy (non-hydrogen) atoms. The molecule has 4 rings (SSSR count). The monoisotopic (exact) mass is 245 g/mol. The number of nitrogens with zero attached hydrogens (tertiary/aromatic N) is 1. The van der Waals surface area contributed by atoms with E-state index in [1.54, 1.807) is 6.33 Å². The van der Waals surface area contributed by atoms with Crippen molar-refractivity contribution in [2.24, 2.45) is 29.6 Å². The number of aryl methyl sites for hydroxylation is 1. The summed E-state index contributed by atoms with van der Waals surface area (Å²) >= 11 is 0. The number of carbonyl (C=O) groups excluding carboxylic acids is 1. The fourth-order valence-corrected chi connectivity index (χ4v) is 4.53. The number of carbonyl (C=O) groups is 1. The summed E-state index contributed by atoms with van der Waals surface area (Å²) in [5.74, 6) is 3.78. The van der Waals surface area contributed by atoms with Gasteiger partial charge in [0.25, 0.3) is 0 Å². The van der Waals surface area contributed by atoms with Gasteiger partial charge in [0.05, 0.1) is 18.6 Å². The molecule has 1 amide bonds. The highest BCUT2D eigenvalue weighted by molar-refractivity contribution is 5.82. The number of aromatic amines is 1. The highest BCUT2D eigenvalue weighted by Crippen LogP contribution is 2.69. The minimum Gasteiger partial charge on any atom is -0.350 e. The van der Waals surface area contributed by atoms with Crippen LogP contribution in [0.15, 0.2) is 6.33 Å². The lowest BCUT2D eigenvalue weighted by Gasteiger charge is -2.09. The summed E-state index contributed by atoms with van der Waals surface area (Å²) < 4.78 is 0. The van der Waals surface area contributed by atoms with Gasteiger partial charge in [0.15, 0.2) is 0 Å². The fourth-order valence-electron chi connectivity index (χ4n) is 4.53. The molecule has 1 heterocycles. The zero-order chi connectivity index (χ0) is 12.3. The van der Waals surface area contributed by atoms with E-state index >= 15 is 0 Å². The molecule has 0 aromatic carbocycles. The van der Waals surface area contributed by atoms with E-state index in [-0.39, 0.29) is 5.91 Å². The van der Waals surface area contributed by atoms with Crippen LogP contribution < -0.4 is 5.32 Å². The molecule has 0 saturated heterocycles. The average molecular weight is 245 g/mol. The van der Waals surface area contributed by atoms with Gasteiger partial charge in [-0.15, -0.1) is 0 Å². The first kappa shape index (κ1) is 10.6. The Morgan fingerprint density at radius 1 is 1.44 bits per heavy atom. The second kappa shape index (κ2) is 3.59. The molecule has 3 aliphatic carbocycles. The minimum absolute atomic E-state index is 0.268. The van der Waals surface area contributed by atoms with Crippen LogP contribution in [0.4, 0.5) is 0 Å². The van der Waals surface area contributed by atoms with Gasteiger partial charge < -0.3 is 10.3 Å². The van der Waals surface area contributed by atoms with Crippen LogP contribution in [0.25, 0.3) is 0 Å². The predicted molar refractivity (Wildman–Crippen MR) is 66.5 cm³/mol. The van der Waals surface area contributed by atoms with Crippen molar-refractivity contribution in [2.45, 2.75) is 32.7 Å². The number of hydrogen-bond acceptors (Lipinski definition) is 2. The number of aromatic nitrogens is 2. The Balaban J connectivity index is 1.37. The number of rotatable bonds is 3. The Kier molecular flexibility index (Phi) is 2.11. The van der Waals surface area contributed by atoms with Crippen molar-refractivity contribution < 1.29 is 4.79 Å². The average Bonchev–Trinajstić information content (AvgIpc) is 2.69. The largest absolute Gasteiger partial charge is 0.350 e. The van der Waals surface area contributed by atoms with Crippen LogP contribution in [0.5, 0.6) is 0 Å². The standard InChI is InChI=1S/C14H19N3O/c1-7-10(17-6-16-7)5-15-14(18)13-11-8-2-3-9(4-8)12(11)13/h6,8-9,11-13H,2-5H2,1H3,(H,15,18)(H,16,17)/t8-,9+,11+,12-,13?. The van der Waals surface area contributed by atoms with Crippen LogP contribution in [0.3, 0.4) is 0 Å². The fraction of sp³-hybridized carbons (Fsp3) is 0.714. The lowest BCUT2D eigenvalue weighted by atomic mass is 10.0.